The lowest BCUT2D eigenvalue weighted by Crippen LogP contribution is -2.17. The third kappa shape index (κ3) is 12.2. The highest BCUT2D eigenvalue weighted by Crippen LogP contribution is 2.35. The summed E-state index contributed by atoms with van der Waals surface area (Å²) in [5.74, 6) is 0. The van der Waals surface area contributed by atoms with E-state index in [2.05, 4.69) is 47.7 Å². The minimum absolute atomic E-state index is 0.327. The van der Waals surface area contributed by atoms with Crippen molar-refractivity contribution in [3.8, 4) is 12.1 Å². The Kier molecular flexibility index (Phi) is 14.5. The molecule has 0 aliphatic carbocycles. The second-order valence-corrected chi connectivity index (χ2v) is 16.7. The molecule has 0 aliphatic rings. The van der Waals surface area contributed by atoms with Crippen LogP contribution in [0.2, 0.25) is 45.8 Å². The number of benzene rings is 2. The summed E-state index contributed by atoms with van der Waals surface area (Å²) in [6.45, 7) is 6.57. The van der Waals surface area contributed by atoms with Gasteiger partial charge in [-0.2, -0.15) is 10.5 Å². The van der Waals surface area contributed by atoms with E-state index in [0.717, 1.165) is 27.5 Å². The zero-order valence-corrected chi connectivity index (χ0v) is 25.5. The average Bonchev–Trinajstić information content (AvgIpc) is 2.59. The maximum Gasteiger partial charge on any atom is 0.0740 e. The first-order valence-corrected chi connectivity index (χ1v) is 15.9. The van der Waals surface area contributed by atoms with Crippen molar-refractivity contribution in [1.82, 2.24) is 0 Å². The molecule has 0 aliphatic heterocycles. The Hall–Kier alpha value is -1.12. The SMILES string of the molecule is CN(C)c1c(Cl)cc(Br)cc1Cl.CN(C)c1c(Cl)cc(CC#N)cc1Cl.C[Si](C)(C)CC#N. The molecular formula is C23H29BrCl4N4Si. The normalized spacial score (nSPS) is 10.0. The second kappa shape index (κ2) is 15.0. The molecule has 0 radical (unpaired) electrons. The van der Waals surface area contributed by atoms with Gasteiger partial charge in [-0.1, -0.05) is 82.0 Å². The van der Waals surface area contributed by atoms with Crippen LogP contribution in [0.25, 0.3) is 0 Å². The fraction of sp³-hybridized carbons (Fsp3) is 0.391. The van der Waals surface area contributed by atoms with Crippen LogP contribution in [-0.4, -0.2) is 36.3 Å². The molecular weight excluding hydrogens is 582 g/mol. The molecule has 0 unspecified atom stereocenters. The van der Waals surface area contributed by atoms with Crippen molar-refractivity contribution in [2.45, 2.75) is 32.1 Å². The van der Waals surface area contributed by atoms with E-state index in [4.69, 9.17) is 56.9 Å². The van der Waals surface area contributed by atoms with Gasteiger partial charge in [0.25, 0.3) is 0 Å². The van der Waals surface area contributed by atoms with Crippen LogP contribution in [0, 0.1) is 22.7 Å². The summed E-state index contributed by atoms with van der Waals surface area (Å²) in [5, 5.41) is 19.2. The van der Waals surface area contributed by atoms with Crippen LogP contribution in [0.3, 0.4) is 0 Å². The zero-order valence-electron chi connectivity index (χ0n) is 19.9. The molecule has 0 amide bonds. The van der Waals surface area contributed by atoms with E-state index < -0.39 is 8.07 Å². The largest absolute Gasteiger partial charge is 0.375 e. The van der Waals surface area contributed by atoms with E-state index >= 15 is 0 Å². The quantitative estimate of drug-likeness (QED) is 0.325. The Morgan fingerprint density at radius 3 is 1.36 bits per heavy atom. The lowest BCUT2D eigenvalue weighted by atomic mass is 10.1. The summed E-state index contributed by atoms with van der Waals surface area (Å²) in [7, 11) is 6.53. The fourth-order valence-electron chi connectivity index (χ4n) is 2.44. The predicted octanol–water partition coefficient (Wildman–Crippen LogP) is 8.80. The Labute approximate surface area is 227 Å². The smallest absolute Gasteiger partial charge is 0.0740 e. The van der Waals surface area contributed by atoms with Gasteiger partial charge in [0.2, 0.25) is 0 Å². The molecule has 2 aromatic rings. The molecule has 180 valence electrons. The first-order chi connectivity index (χ1) is 15.1. The predicted molar refractivity (Wildman–Crippen MR) is 152 cm³/mol. The van der Waals surface area contributed by atoms with Gasteiger partial charge in [0.15, 0.2) is 0 Å². The van der Waals surface area contributed by atoms with E-state index in [1.807, 2.05) is 50.1 Å². The molecule has 0 bridgehead atoms. The Morgan fingerprint density at radius 2 is 1.12 bits per heavy atom. The van der Waals surface area contributed by atoms with Crippen molar-refractivity contribution < 1.29 is 0 Å². The first kappa shape index (κ1) is 31.9. The van der Waals surface area contributed by atoms with Gasteiger partial charge < -0.3 is 9.80 Å². The lowest BCUT2D eigenvalue weighted by molar-refractivity contribution is 1.13. The standard InChI is InChI=1S/C10H10Cl2N2.C8H8BrCl2N.C5H11NSi/c1-14(2)10-8(11)5-7(3-4-13)6-9(10)12;1-12(2)8-6(10)3-5(9)4-7(8)11;1-7(2,3)5-4-6/h5-6H,3H2,1-2H3;3-4H,1-2H3;5H2,1-3H3. The van der Waals surface area contributed by atoms with Gasteiger partial charge in [-0.05, 0) is 29.8 Å². The Bertz CT molecular complexity index is 963. The van der Waals surface area contributed by atoms with Crippen LogP contribution in [0.1, 0.15) is 5.56 Å². The number of rotatable bonds is 4. The number of hydrogen-bond donors (Lipinski definition) is 0. The highest BCUT2D eigenvalue weighted by Gasteiger charge is 2.11. The molecule has 33 heavy (non-hydrogen) atoms. The van der Waals surface area contributed by atoms with Crippen LogP contribution in [0.15, 0.2) is 28.7 Å². The molecule has 0 saturated heterocycles. The Morgan fingerprint density at radius 1 is 0.758 bits per heavy atom. The number of hydrogen-bond acceptors (Lipinski definition) is 4. The number of nitriles is 2. The van der Waals surface area contributed by atoms with Crippen molar-refractivity contribution >= 4 is 81.8 Å². The lowest BCUT2D eigenvalue weighted by Gasteiger charge is -2.16. The molecule has 0 spiro atoms. The van der Waals surface area contributed by atoms with E-state index in [9.17, 15) is 0 Å². The van der Waals surface area contributed by atoms with Crippen molar-refractivity contribution in [1.29, 1.82) is 10.5 Å². The Balaban J connectivity index is 0.000000492. The summed E-state index contributed by atoms with van der Waals surface area (Å²) >= 11 is 27.3. The van der Waals surface area contributed by atoms with Crippen molar-refractivity contribution in [2.75, 3.05) is 38.0 Å². The zero-order chi connectivity index (χ0) is 25.9. The van der Waals surface area contributed by atoms with E-state index in [0.29, 0.717) is 26.5 Å². The topological polar surface area (TPSA) is 54.1 Å². The summed E-state index contributed by atoms with van der Waals surface area (Å²) in [4.78, 5) is 3.73. The van der Waals surface area contributed by atoms with Gasteiger partial charge in [-0.15, -0.1) is 0 Å². The van der Waals surface area contributed by atoms with Crippen molar-refractivity contribution in [3.05, 3.63) is 54.4 Å². The summed E-state index contributed by atoms with van der Waals surface area (Å²) in [6, 6.07) is 12.2. The second-order valence-electron chi connectivity index (χ2n) is 8.65. The minimum Gasteiger partial charge on any atom is -0.375 e. The van der Waals surface area contributed by atoms with Gasteiger partial charge in [0, 0.05) is 38.7 Å². The van der Waals surface area contributed by atoms with Crippen LogP contribution in [-0.2, 0) is 6.42 Å². The highest BCUT2D eigenvalue weighted by atomic mass is 79.9. The summed E-state index contributed by atoms with van der Waals surface area (Å²) < 4.78 is 0.892. The molecule has 10 heteroatoms. The van der Waals surface area contributed by atoms with Gasteiger partial charge in [-0.25, -0.2) is 0 Å². The molecule has 0 saturated carbocycles. The number of nitrogens with zero attached hydrogens (tertiary/aromatic N) is 4. The van der Waals surface area contributed by atoms with Crippen molar-refractivity contribution in [3.63, 3.8) is 0 Å². The van der Waals surface area contributed by atoms with Crippen LogP contribution < -0.4 is 9.80 Å². The van der Waals surface area contributed by atoms with E-state index in [-0.39, 0.29) is 0 Å². The summed E-state index contributed by atoms with van der Waals surface area (Å²) in [5.41, 5.74) is 2.48. The monoisotopic (exact) mass is 608 g/mol. The first-order valence-electron chi connectivity index (χ1n) is 9.85. The number of anilines is 2. The average molecular weight is 611 g/mol. The van der Waals surface area contributed by atoms with E-state index in [1.54, 1.807) is 12.1 Å². The van der Waals surface area contributed by atoms with Gasteiger partial charge in [-0.3, -0.25) is 0 Å². The highest BCUT2D eigenvalue weighted by molar-refractivity contribution is 9.10. The summed E-state index contributed by atoms with van der Waals surface area (Å²) in [6.07, 6.45) is 0.327. The fourth-order valence-corrected chi connectivity index (χ4v) is 5.33. The third-order valence-corrected chi connectivity index (χ3v) is 6.67. The van der Waals surface area contributed by atoms with Crippen LogP contribution in [0.5, 0.6) is 0 Å². The van der Waals surface area contributed by atoms with Gasteiger partial charge in [0.1, 0.15) is 0 Å². The van der Waals surface area contributed by atoms with Crippen LogP contribution in [0.4, 0.5) is 11.4 Å². The molecule has 0 N–H and O–H groups in total. The third-order valence-electron chi connectivity index (χ3n) is 3.85. The van der Waals surface area contributed by atoms with Crippen LogP contribution >= 0.6 is 62.3 Å². The molecule has 0 aromatic heterocycles. The minimum atomic E-state index is -1.02. The molecule has 2 rings (SSSR count). The molecule has 0 heterocycles. The molecule has 4 nitrogen and oxygen atoms in total. The van der Waals surface area contributed by atoms with E-state index in [1.165, 1.54) is 0 Å². The molecule has 2 aromatic carbocycles. The van der Waals surface area contributed by atoms with Crippen molar-refractivity contribution in [2.24, 2.45) is 0 Å². The maximum absolute atomic E-state index is 8.53. The molecule has 0 atom stereocenters. The van der Waals surface area contributed by atoms with Gasteiger partial charge in [0.05, 0.1) is 58.1 Å². The molecule has 0 fully saturated rings. The van der Waals surface area contributed by atoms with Gasteiger partial charge >= 0.3 is 0 Å². The maximum atomic E-state index is 8.53. The number of halogens is 5.